The molecule has 1 aliphatic heterocycles. The van der Waals surface area contributed by atoms with Gasteiger partial charge in [-0.05, 0) is 0 Å². The molecule has 154 valence electrons. The van der Waals surface area contributed by atoms with E-state index in [-0.39, 0.29) is 16.8 Å². The largest absolute Gasteiger partial charge is 0.319 e. The van der Waals surface area contributed by atoms with Gasteiger partial charge in [0, 0.05) is 37.0 Å². The molecule has 1 atom stereocenters. The lowest BCUT2D eigenvalue weighted by Gasteiger charge is -2.46. The molecule has 1 aromatic heterocycles. The predicted molar refractivity (Wildman–Crippen MR) is 89.9 cm³/mol. The Balaban J connectivity index is 1.62. The zero-order valence-electron chi connectivity index (χ0n) is 14.2. The molecular formula is C15H16F6N6S. The molecule has 0 saturated heterocycles. The third kappa shape index (κ3) is 3.69. The normalized spacial score (nSPS) is 31.0. The molecule has 2 heterocycles. The molecule has 13 heteroatoms. The SMILES string of the molecule is NC1(C2CC(F)(F)C2)N=C(c2nc(C(F)F)cs2)NC(=NC2CC(F)(F)C2)N1. The maximum absolute atomic E-state index is 13.3. The third-order valence-corrected chi connectivity index (χ3v) is 5.76. The van der Waals surface area contributed by atoms with Crippen LogP contribution in [0.2, 0.25) is 0 Å². The molecule has 4 N–H and O–H groups in total. The average molecular weight is 426 g/mol. The summed E-state index contributed by atoms with van der Waals surface area (Å²) >= 11 is 0.872. The minimum absolute atomic E-state index is 0.0156. The van der Waals surface area contributed by atoms with Gasteiger partial charge in [-0.1, -0.05) is 0 Å². The van der Waals surface area contributed by atoms with Gasteiger partial charge in [-0.25, -0.2) is 41.3 Å². The van der Waals surface area contributed by atoms with Gasteiger partial charge < -0.3 is 10.6 Å². The zero-order valence-corrected chi connectivity index (χ0v) is 15.0. The van der Waals surface area contributed by atoms with Crippen LogP contribution in [-0.2, 0) is 0 Å². The topological polar surface area (TPSA) is 87.7 Å². The molecule has 4 rings (SSSR count). The number of alkyl halides is 6. The molecule has 0 bridgehead atoms. The summed E-state index contributed by atoms with van der Waals surface area (Å²) in [5, 5.41) is 6.63. The molecular weight excluding hydrogens is 410 g/mol. The predicted octanol–water partition coefficient (Wildman–Crippen LogP) is 2.83. The Morgan fingerprint density at radius 3 is 2.32 bits per heavy atom. The van der Waals surface area contributed by atoms with Gasteiger partial charge in [-0.3, -0.25) is 5.73 Å². The number of nitrogens with zero attached hydrogens (tertiary/aromatic N) is 3. The molecule has 2 fully saturated rings. The van der Waals surface area contributed by atoms with Gasteiger partial charge in [0.25, 0.3) is 12.3 Å². The van der Waals surface area contributed by atoms with Crippen LogP contribution in [0.25, 0.3) is 0 Å². The van der Waals surface area contributed by atoms with Gasteiger partial charge in [0.2, 0.25) is 5.92 Å². The molecule has 3 aliphatic rings. The van der Waals surface area contributed by atoms with E-state index in [1.165, 1.54) is 0 Å². The van der Waals surface area contributed by atoms with Crippen LogP contribution in [0.15, 0.2) is 15.4 Å². The molecule has 0 amide bonds. The first-order valence-electron chi connectivity index (χ1n) is 8.46. The minimum atomic E-state index is -2.86. The van der Waals surface area contributed by atoms with Crippen LogP contribution in [0.5, 0.6) is 0 Å². The average Bonchev–Trinajstić information content (AvgIpc) is 3.00. The summed E-state index contributed by atoms with van der Waals surface area (Å²) in [6.07, 6.45) is -4.70. The van der Waals surface area contributed by atoms with Crippen molar-refractivity contribution in [3.63, 3.8) is 0 Å². The van der Waals surface area contributed by atoms with Crippen molar-refractivity contribution in [1.82, 2.24) is 15.6 Å². The minimum Gasteiger partial charge on any atom is -0.319 e. The highest BCUT2D eigenvalue weighted by Crippen LogP contribution is 2.47. The fraction of sp³-hybridized carbons (Fsp3) is 0.667. The maximum atomic E-state index is 13.3. The Kier molecular flexibility index (Phi) is 4.38. The van der Waals surface area contributed by atoms with Crippen molar-refractivity contribution in [3.05, 3.63) is 16.1 Å². The second-order valence-electron chi connectivity index (χ2n) is 7.27. The molecule has 1 unspecified atom stereocenters. The molecule has 2 saturated carbocycles. The van der Waals surface area contributed by atoms with Crippen LogP contribution >= 0.6 is 11.3 Å². The lowest BCUT2D eigenvalue weighted by atomic mass is 9.76. The van der Waals surface area contributed by atoms with Gasteiger partial charge in [0.15, 0.2) is 22.6 Å². The highest BCUT2D eigenvalue weighted by atomic mass is 32.1. The number of aliphatic imine (C=N–C) groups is 2. The lowest BCUT2D eigenvalue weighted by Crippen LogP contribution is -2.70. The summed E-state index contributed by atoms with van der Waals surface area (Å²) in [5.74, 6) is -8.12. The van der Waals surface area contributed by atoms with Crippen molar-refractivity contribution in [2.45, 2.75) is 55.8 Å². The number of nitrogens with one attached hydrogen (secondary N) is 2. The van der Waals surface area contributed by atoms with Crippen LogP contribution < -0.4 is 16.4 Å². The Labute approximate surface area is 159 Å². The first kappa shape index (κ1) is 19.4. The van der Waals surface area contributed by atoms with Gasteiger partial charge >= 0.3 is 0 Å². The van der Waals surface area contributed by atoms with E-state index in [9.17, 15) is 26.3 Å². The van der Waals surface area contributed by atoms with E-state index in [2.05, 4.69) is 25.6 Å². The number of hydrogen-bond acceptors (Lipinski definition) is 5. The molecule has 0 spiro atoms. The number of hydrogen-bond donors (Lipinski definition) is 3. The van der Waals surface area contributed by atoms with E-state index in [4.69, 9.17) is 5.73 Å². The van der Waals surface area contributed by atoms with E-state index in [0.717, 1.165) is 16.7 Å². The number of thiazole rings is 1. The Morgan fingerprint density at radius 2 is 1.79 bits per heavy atom. The molecule has 2 aliphatic carbocycles. The standard InChI is InChI=1S/C15H16F6N6S/c16-9(17)8-5-28-11(24-8)10-25-12(23-7-3-14(20,21)4-7)27-15(22,26-10)6-1-13(18,19)2-6/h5-7,9H,1-4,22H2,(H2,23,25,26,27). The highest BCUT2D eigenvalue weighted by molar-refractivity contribution is 7.11. The summed E-state index contributed by atoms with van der Waals surface area (Å²) < 4.78 is 78.4. The quantitative estimate of drug-likeness (QED) is 0.647. The Morgan fingerprint density at radius 1 is 1.14 bits per heavy atom. The fourth-order valence-corrected chi connectivity index (χ4v) is 4.06. The summed E-state index contributed by atoms with van der Waals surface area (Å²) in [7, 11) is 0. The van der Waals surface area contributed by atoms with Crippen LogP contribution in [0, 0.1) is 5.92 Å². The van der Waals surface area contributed by atoms with E-state index in [1.807, 2.05) is 0 Å². The summed E-state index contributed by atoms with van der Waals surface area (Å²) in [5.41, 5.74) is 5.73. The van der Waals surface area contributed by atoms with Gasteiger partial charge in [-0.15, -0.1) is 11.3 Å². The number of halogens is 6. The van der Waals surface area contributed by atoms with Crippen LogP contribution in [0.3, 0.4) is 0 Å². The second kappa shape index (κ2) is 6.31. The third-order valence-electron chi connectivity index (χ3n) is 4.89. The Bertz CT molecular complexity index is 823. The monoisotopic (exact) mass is 426 g/mol. The van der Waals surface area contributed by atoms with E-state index < -0.39 is 67.4 Å². The van der Waals surface area contributed by atoms with Crippen molar-refractivity contribution in [2.24, 2.45) is 21.6 Å². The van der Waals surface area contributed by atoms with E-state index >= 15 is 0 Å². The van der Waals surface area contributed by atoms with Gasteiger partial charge in [0.05, 0.1) is 6.04 Å². The summed E-state index contributed by atoms with van der Waals surface area (Å²) in [6, 6.07) is -0.677. The smallest absolute Gasteiger partial charge is 0.281 e. The second-order valence-corrected chi connectivity index (χ2v) is 8.13. The highest BCUT2D eigenvalue weighted by Gasteiger charge is 2.55. The van der Waals surface area contributed by atoms with Gasteiger partial charge in [0.1, 0.15) is 5.69 Å². The summed E-state index contributed by atoms with van der Waals surface area (Å²) in [4.78, 5) is 12.1. The lowest BCUT2D eigenvalue weighted by molar-refractivity contribution is -0.132. The molecule has 6 nitrogen and oxygen atoms in total. The van der Waals surface area contributed by atoms with Crippen LogP contribution in [0.1, 0.15) is 42.8 Å². The van der Waals surface area contributed by atoms with Gasteiger partial charge in [-0.2, -0.15) is 0 Å². The number of rotatable bonds is 4. The molecule has 0 radical (unpaired) electrons. The molecule has 1 aromatic rings. The fourth-order valence-electron chi connectivity index (χ4n) is 3.30. The van der Waals surface area contributed by atoms with Crippen LogP contribution in [-0.4, -0.2) is 40.5 Å². The maximum Gasteiger partial charge on any atom is 0.281 e. The first-order chi connectivity index (χ1) is 12.9. The number of guanidine groups is 1. The van der Waals surface area contributed by atoms with Crippen molar-refractivity contribution in [3.8, 4) is 0 Å². The van der Waals surface area contributed by atoms with Crippen molar-refractivity contribution < 1.29 is 26.3 Å². The number of nitrogens with two attached hydrogens (primary N) is 1. The number of aromatic nitrogens is 1. The summed E-state index contributed by atoms with van der Waals surface area (Å²) in [6.45, 7) is 0. The van der Waals surface area contributed by atoms with Crippen LogP contribution in [0.4, 0.5) is 26.3 Å². The Hall–Kier alpha value is -1.89. The van der Waals surface area contributed by atoms with E-state index in [0.29, 0.717) is 0 Å². The molecule has 28 heavy (non-hydrogen) atoms. The number of amidine groups is 1. The molecule has 0 aromatic carbocycles. The van der Waals surface area contributed by atoms with Crippen molar-refractivity contribution in [2.75, 3.05) is 0 Å². The van der Waals surface area contributed by atoms with Crippen molar-refractivity contribution in [1.29, 1.82) is 0 Å². The van der Waals surface area contributed by atoms with Crippen molar-refractivity contribution >= 4 is 23.1 Å². The zero-order chi connectivity index (χ0) is 20.3. The van der Waals surface area contributed by atoms with E-state index in [1.54, 1.807) is 0 Å². The first-order valence-corrected chi connectivity index (χ1v) is 9.34.